The number of carbonyl (C=O) groups excluding carboxylic acids is 3. The molecule has 152 valence electrons. The van der Waals surface area contributed by atoms with Crippen LogP contribution < -0.4 is 0 Å². The van der Waals surface area contributed by atoms with Crippen molar-refractivity contribution in [1.29, 1.82) is 0 Å². The predicted molar refractivity (Wildman–Crippen MR) is 106 cm³/mol. The average molecular weight is 407 g/mol. The Kier molecular flexibility index (Phi) is 6.28. The van der Waals surface area contributed by atoms with Crippen molar-refractivity contribution >= 4 is 29.4 Å². The molecule has 28 heavy (non-hydrogen) atoms. The molecule has 0 unspecified atom stereocenters. The molecule has 3 rings (SSSR count). The van der Waals surface area contributed by atoms with Gasteiger partial charge in [-0.2, -0.15) is 0 Å². The van der Waals surface area contributed by atoms with Gasteiger partial charge < -0.3 is 14.5 Å². The highest BCUT2D eigenvalue weighted by Crippen LogP contribution is 2.49. The van der Waals surface area contributed by atoms with Gasteiger partial charge in [-0.15, -0.1) is 0 Å². The van der Waals surface area contributed by atoms with E-state index in [1.807, 2.05) is 18.2 Å². The molecule has 1 saturated heterocycles. The van der Waals surface area contributed by atoms with Gasteiger partial charge in [-0.25, -0.2) is 0 Å². The molecular weight excluding hydrogens is 380 g/mol. The van der Waals surface area contributed by atoms with Crippen LogP contribution in [0.1, 0.15) is 38.2 Å². The van der Waals surface area contributed by atoms with E-state index < -0.39 is 5.41 Å². The summed E-state index contributed by atoms with van der Waals surface area (Å²) in [5, 5.41) is 0.611. The van der Waals surface area contributed by atoms with Crippen molar-refractivity contribution in [2.24, 2.45) is 5.92 Å². The van der Waals surface area contributed by atoms with Crippen molar-refractivity contribution in [3.05, 3.63) is 34.9 Å². The molecule has 0 radical (unpaired) electrons. The molecule has 6 nitrogen and oxygen atoms in total. The maximum atomic E-state index is 13.0. The SMILES string of the molecule is CCOC(=O)C1CCN(C(=O)CN(C)C(=O)C2(c3cccc(Cl)c3)CC2)CC1. The molecule has 1 saturated carbocycles. The number of carbonyl (C=O) groups is 3. The number of rotatable bonds is 6. The number of amides is 2. The predicted octanol–water partition coefficient (Wildman–Crippen LogP) is 2.63. The molecule has 1 heterocycles. The quantitative estimate of drug-likeness (QED) is 0.681. The molecule has 0 atom stereocenters. The number of ether oxygens (including phenoxy) is 1. The first-order valence-corrected chi connectivity index (χ1v) is 10.2. The summed E-state index contributed by atoms with van der Waals surface area (Å²) in [6.45, 7) is 3.25. The lowest BCUT2D eigenvalue weighted by molar-refractivity contribution is -0.151. The van der Waals surface area contributed by atoms with Crippen molar-refractivity contribution < 1.29 is 19.1 Å². The molecule has 1 aliphatic heterocycles. The zero-order valence-corrected chi connectivity index (χ0v) is 17.2. The van der Waals surface area contributed by atoms with Crippen LogP contribution in [0.3, 0.4) is 0 Å². The molecule has 7 heteroatoms. The smallest absolute Gasteiger partial charge is 0.309 e. The van der Waals surface area contributed by atoms with Gasteiger partial charge in [-0.05, 0) is 50.3 Å². The first kappa shape index (κ1) is 20.6. The second-order valence-corrected chi connectivity index (χ2v) is 8.10. The Balaban J connectivity index is 1.55. The largest absolute Gasteiger partial charge is 0.466 e. The summed E-state index contributed by atoms with van der Waals surface area (Å²) in [5.74, 6) is -0.440. The Bertz CT molecular complexity index is 755. The number of halogens is 1. The van der Waals surface area contributed by atoms with Crippen molar-refractivity contribution in [3.63, 3.8) is 0 Å². The summed E-state index contributed by atoms with van der Waals surface area (Å²) in [6.07, 6.45) is 2.76. The van der Waals surface area contributed by atoms with Crippen molar-refractivity contribution in [2.45, 2.75) is 38.0 Å². The van der Waals surface area contributed by atoms with Gasteiger partial charge in [0.15, 0.2) is 0 Å². The zero-order chi connectivity index (χ0) is 20.3. The maximum Gasteiger partial charge on any atom is 0.309 e. The minimum atomic E-state index is -0.545. The third-order valence-corrected chi connectivity index (χ3v) is 5.96. The molecule has 2 amide bonds. The summed E-state index contributed by atoms with van der Waals surface area (Å²) in [6, 6.07) is 7.40. The normalized spacial score (nSPS) is 18.5. The van der Waals surface area contributed by atoms with E-state index >= 15 is 0 Å². The number of esters is 1. The highest BCUT2D eigenvalue weighted by molar-refractivity contribution is 6.30. The van der Waals surface area contributed by atoms with Crippen molar-refractivity contribution in [3.8, 4) is 0 Å². The van der Waals surface area contributed by atoms with E-state index in [4.69, 9.17) is 16.3 Å². The summed E-state index contributed by atoms with van der Waals surface area (Å²) in [4.78, 5) is 40.8. The Labute approximate surface area is 170 Å². The molecule has 0 spiro atoms. The summed E-state index contributed by atoms with van der Waals surface area (Å²) >= 11 is 6.08. The number of nitrogens with zero attached hydrogens (tertiary/aromatic N) is 2. The van der Waals surface area contributed by atoms with Crippen LogP contribution >= 0.6 is 11.6 Å². The molecular formula is C21H27ClN2O4. The van der Waals surface area contributed by atoms with E-state index in [1.54, 1.807) is 24.9 Å². The van der Waals surface area contributed by atoms with E-state index in [1.165, 1.54) is 4.90 Å². The van der Waals surface area contributed by atoms with Gasteiger partial charge in [0, 0.05) is 25.2 Å². The second-order valence-electron chi connectivity index (χ2n) is 7.66. The van der Waals surface area contributed by atoms with E-state index in [9.17, 15) is 14.4 Å². The second kappa shape index (κ2) is 8.52. The van der Waals surface area contributed by atoms with Gasteiger partial charge >= 0.3 is 5.97 Å². The number of likely N-dealkylation sites (N-methyl/N-ethyl adjacent to an activating group) is 1. The van der Waals surface area contributed by atoms with Gasteiger partial charge in [0.1, 0.15) is 0 Å². The van der Waals surface area contributed by atoms with E-state index in [-0.39, 0.29) is 30.2 Å². The number of hydrogen-bond donors (Lipinski definition) is 0. The monoisotopic (exact) mass is 406 g/mol. The van der Waals surface area contributed by atoms with Crippen molar-refractivity contribution in [1.82, 2.24) is 9.80 Å². The van der Waals surface area contributed by atoms with Gasteiger partial charge in [0.05, 0.1) is 24.5 Å². The van der Waals surface area contributed by atoms with E-state index in [2.05, 4.69) is 0 Å². The molecule has 2 fully saturated rings. The standard InChI is InChI=1S/C21H27ClN2O4/c1-3-28-19(26)15-7-11-24(12-8-15)18(25)14-23(2)20(27)21(9-10-21)16-5-4-6-17(22)13-16/h4-6,13,15H,3,7-12,14H2,1-2H3. The Morgan fingerprint density at radius 2 is 1.93 bits per heavy atom. The lowest BCUT2D eigenvalue weighted by Gasteiger charge is -2.32. The van der Waals surface area contributed by atoms with Crippen molar-refractivity contribution in [2.75, 3.05) is 33.3 Å². The Hall–Kier alpha value is -2.08. The van der Waals surface area contributed by atoms with Crippen LogP contribution in [0, 0.1) is 5.92 Å². The summed E-state index contributed by atoms with van der Waals surface area (Å²) < 4.78 is 5.06. The highest BCUT2D eigenvalue weighted by Gasteiger charge is 2.52. The van der Waals surface area contributed by atoms with Gasteiger partial charge in [-0.3, -0.25) is 14.4 Å². The highest BCUT2D eigenvalue weighted by atomic mass is 35.5. The molecule has 1 aromatic rings. The first-order valence-electron chi connectivity index (χ1n) is 9.83. The van der Waals surface area contributed by atoms with Crippen LogP contribution in [-0.4, -0.2) is 60.9 Å². The topological polar surface area (TPSA) is 66.9 Å². The number of piperidine rings is 1. The number of likely N-dealkylation sites (tertiary alicyclic amines) is 1. The maximum absolute atomic E-state index is 13.0. The number of hydrogen-bond acceptors (Lipinski definition) is 4. The minimum Gasteiger partial charge on any atom is -0.466 e. The number of benzene rings is 1. The fourth-order valence-corrected chi connectivity index (χ4v) is 4.09. The van der Waals surface area contributed by atoms with E-state index in [0.717, 1.165) is 18.4 Å². The summed E-state index contributed by atoms with van der Waals surface area (Å²) in [5.41, 5.74) is 0.371. The minimum absolute atomic E-state index is 0.0375. The van der Waals surface area contributed by atoms with Crippen LogP contribution in [0.5, 0.6) is 0 Å². The third-order valence-electron chi connectivity index (χ3n) is 5.72. The Morgan fingerprint density at radius 3 is 2.50 bits per heavy atom. The fraction of sp³-hybridized carbons (Fsp3) is 0.571. The lowest BCUT2D eigenvalue weighted by atomic mass is 9.94. The average Bonchev–Trinajstić information content (AvgIpc) is 3.49. The molecule has 2 aliphatic rings. The van der Waals surface area contributed by atoms with E-state index in [0.29, 0.717) is 37.6 Å². The molecule has 0 aromatic heterocycles. The lowest BCUT2D eigenvalue weighted by Crippen LogP contribution is -2.47. The van der Waals surface area contributed by atoms with Gasteiger partial charge in [0.25, 0.3) is 0 Å². The fourth-order valence-electron chi connectivity index (χ4n) is 3.90. The van der Waals surface area contributed by atoms with Crippen LogP contribution in [0.2, 0.25) is 5.02 Å². The summed E-state index contributed by atoms with van der Waals surface area (Å²) in [7, 11) is 1.68. The zero-order valence-electron chi connectivity index (χ0n) is 16.4. The van der Waals surface area contributed by atoms with Crippen LogP contribution in [0.4, 0.5) is 0 Å². The first-order chi connectivity index (χ1) is 13.4. The van der Waals surface area contributed by atoms with Crippen LogP contribution in [0.15, 0.2) is 24.3 Å². The molecule has 0 bridgehead atoms. The van der Waals surface area contributed by atoms with Crippen LogP contribution in [-0.2, 0) is 24.5 Å². The third kappa shape index (κ3) is 4.32. The Morgan fingerprint density at radius 1 is 1.25 bits per heavy atom. The van der Waals surface area contributed by atoms with Gasteiger partial charge in [-0.1, -0.05) is 23.7 Å². The van der Waals surface area contributed by atoms with Gasteiger partial charge in [0.2, 0.25) is 11.8 Å². The molecule has 1 aliphatic carbocycles. The molecule has 1 aromatic carbocycles. The van der Waals surface area contributed by atoms with Crippen LogP contribution in [0.25, 0.3) is 0 Å². The molecule has 0 N–H and O–H groups in total.